The summed E-state index contributed by atoms with van der Waals surface area (Å²) in [5.41, 5.74) is 6.66. The molecule has 1 aromatic heterocycles. The zero-order valence-electron chi connectivity index (χ0n) is 15.2. The molecule has 0 saturated heterocycles. The van der Waals surface area contributed by atoms with Crippen molar-refractivity contribution in [3.63, 3.8) is 0 Å². The van der Waals surface area contributed by atoms with Gasteiger partial charge < -0.3 is 0 Å². The van der Waals surface area contributed by atoms with Gasteiger partial charge in [0.25, 0.3) is 0 Å². The summed E-state index contributed by atoms with van der Waals surface area (Å²) < 4.78 is 0. The Labute approximate surface area is 149 Å². The quantitative estimate of drug-likeness (QED) is 0.703. The minimum Gasteiger partial charge on any atom is -0.229 e. The Kier molecular flexibility index (Phi) is 3.62. The Morgan fingerprint density at radius 2 is 1.88 bits per heavy atom. The van der Waals surface area contributed by atoms with Gasteiger partial charge in [0.05, 0.1) is 0 Å². The normalized spacial score (nSPS) is 22.5. The van der Waals surface area contributed by atoms with Crippen molar-refractivity contribution in [1.82, 2.24) is 9.97 Å². The molecule has 0 aliphatic heterocycles. The van der Waals surface area contributed by atoms with Gasteiger partial charge in [-0.2, -0.15) is 0 Å². The topological polar surface area (TPSA) is 25.8 Å². The van der Waals surface area contributed by atoms with Gasteiger partial charge in [-0.25, -0.2) is 9.97 Å². The lowest BCUT2D eigenvalue weighted by Crippen LogP contribution is -2.25. The third-order valence-corrected chi connectivity index (χ3v) is 5.55. The van der Waals surface area contributed by atoms with Crippen LogP contribution >= 0.6 is 0 Å². The third-order valence-electron chi connectivity index (χ3n) is 5.55. The maximum atomic E-state index is 4.36. The van der Waals surface area contributed by atoms with E-state index in [1.165, 1.54) is 22.3 Å². The molecule has 0 radical (unpaired) electrons. The second-order valence-corrected chi connectivity index (χ2v) is 7.52. The van der Waals surface area contributed by atoms with Crippen molar-refractivity contribution in [3.8, 4) is 11.8 Å². The summed E-state index contributed by atoms with van der Waals surface area (Å²) in [5, 5.41) is 0. The minimum atomic E-state index is 0.122. The summed E-state index contributed by atoms with van der Waals surface area (Å²) in [6.45, 7) is 8.69. The molecule has 2 unspecified atom stereocenters. The van der Waals surface area contributed by atoms with Gasteiger partial charge in [0.2, 0.25) is 5.82 Å². The fourth-order valence-electron chi connectivity index (χ4n) is 4.18. The Balaban J connectivity index is 1.73. The number of hydrogen-bond acceptors (Lipinski definition) is 2. The molecular formula is C23H22N2. The van der Waals surface area contributed by atoms with Gasteiger partial charge in [0.15, 0.2) is 0 Å². The molecule has 2 atom stereocenters. The number of nitrogens with zero attached hydrogens (tertiary/aromatic N) is 2. The summed E-state index contributed by atoms with van der Waals surface area (Å²) in [6.07, 6.45) is 10.7. The first kappa shape index (κ1) is 15.8. The van der Waals surface area contributed by atoms with Crippen LogP contribution in [0.2, 0.25) is 0 Å². The standard InChI is InChI=1S/C23H22N2/c1-5-6-22-24-13-17(14-25-22)16-8-10-19-18-9-7-15(2)11-20(18)23(3,4)21(19)12-16/h7-14,19,21H,1-4H3. The highest BCUT2D eigenvalue weighted by atomic mass is 14.8. The highest BCUT2D eigenvalue weighted by molar-refractivity contribution is 5.76. The van der Waals surface area contributed by atoms with Crippen molar-refractivity contribution in [1.29, 1.82) is 0 Å². The van der Waals surface area contributed by atoms with Crippen LogP contribution in [0.25, 0.3) is 5.57 Å². The largest absolute Gasteiger partial charge is 0.229 e. The van der Waals surface area contributed by atoms with Crippen LogP contribution in [-0.2, 0) is 5.41 Å². The second kappa shape index (κ2) is 5.70. The van der Waals surface area contributed by atoms with E-state index in [4.69, 9.17) is 0 Å². The second-order valence-electron chi connectivity index (χ2n) is 7.52. The SMILES string of the molecule is CC#Cc1ncc(C2=CC3C(C=C2)c2ccc(C)cc2C3(C)C)cn1. The van der Waals surface area contributed by atoms with Crippen LogP contribution in [0.1, 0.15) is 54.8 Å². The maximum Gasteiger partial charge on any atom is 0.204 e. The lowest BCUT2D eigenvalue weighted by atomic mass is 9.73. The first-order valence-corrected chi connectivity index (χ1v) is 8.77. The Hall–Kier alpha value is -2.66. The Bertz CT molecular complexity index is 950. The fraction of sp³-hybridized carbons (Fsp3) is 0.304. The van der Waals surface area contributed by atoms with E-state index in [0.29, 0.717) is 17.7 Å². The lowest BCUT2D eigenvalue weighted by molar-refractivity contribution is 0.395. The molecule has 0 bridgehead atoms. The third kappa shape index (κ3) is 2.51. The van der Waals surface area contributed by atoms with E-state index >= 15 is 0 Å². The van der Waals surface area contributed by atoms with E-state index in [2.05, 4.69) is 79.0 Å². The summed E-state index contributed by atoms with van der Waals surface area (Å²) >= 11 is 0. The molecule has 4 rings (SSSR count). The maximum absolute atomic E-state index is 4.36. The molecule has 2 aliphatic carbocycles. The predicted molar refractivity (Wildman–Crippen MR) is 102 cm³/mol. The van der Waals surface area contributed by atoms with Crippen LogP contribution in [-0.4, -0.2) is 9.97 Å². The summed E-state index contributed by atoms with van der Waals surface area (Å²) in [5.74, 6) is 7.22. The van der Waals surface area contributed by atoms with E-state index in [1.807, 2.05) is 12.4 Å². The van der Waals surface area contributed by atoms with Crippen LogP contribution in [0.5, 0.6) is 0 Å². The van der Waals surface area contributed by atoms with Gasteiger partial charge in [0, 0.05) is 23.9 Å². The number of allylic oxidation sites excluding steroid dienone is 4. The van der Waals surface area contributed by atoms with E-state index in [9.17, 15) is 0 Å². The number of fused-ring (bicyclic) bond motifs is 3. The monoisotopic (exact) mass is 326 g/mol. The average molecular weight is 326 g/mol. The van der Waals surface area contributed by atoms with Gasteiger partial charge >= 0.3 is 0 Å². The molecule has 0 saturated carbocycles. The minimum absolute atomic E-state index is 0.122. The molecule has 0 spiro atoms. The van der Waals surface area contributed by atoms with E-state index in [1.54, 1.807) is 6.92 Å². The Morgan fingerprint density at radius 3 is 2.60 bits per heavy atom. The summed E-state index contributed by atoms with van der Waals surface area (Å²) in [7, 11) is 0. The number of rotatable bonds is 1. The van der Waals surface area contributed by atoms with Crippen molar-refractivity contribution in [2.75, 3.05) is 0 Å². The smallest absolute Gasteiger partial charge is 0.204 e. The predicted octanol–water partition coefficient (Wildman–Crippen LogP) is 4.80. The molecular weight excluding hydrogens is 304 g/mol. The van der Waals surface area contributed by atoms with Crippen LogP contribution < -0.4 is 0 Å². The highest BCUT2D eigenvalue weighted by Crippen LogP contribution is 2.54. The number of benzene rings is 1. The van der Waals surface area contributed by atoms with Crippen LogP contribution in [0.15, 0.2) is 48.8 Å². The van der Waals surface area contributed by atoms with Gasteiger partial charge in [-0.3, -0.25) is 0 Å². The number of aromatic nitrogens is 2. The first-order valence-electron chi connectivity index (χ1n) is 8.77. The number of aryl methyl sites for hydroxylation is 1. The molecule has 0 fully saturated rings. The number of hydrogen-bond donors (Lipinski definition) is 0. The molecule has 2 aromatic rings. The average Bonchev–Trinajstić information content (AvgIpc) is 2.83. The molecule has 0 N–H and O–H groups in total. The molecule has 2 nitrogen and oxygen atoms in total. The van der Waals surface area contributed by atoms with Crippen molar-refractivity contribution in [2.24, 2.45) is 5.92 Å². The van der Waals surface area contributed by atoms with Gasteiger partial charge in [-0.05, 0) is 47.8 Å². The zero-order chi connectivity index (χ0) is 17.6. The molecule has 2 heteroatoms. The van der Waals surface area contributed by atoms with E-state index in [0.717, 1.165) is 5.56 Å². The fourth-order valence-corrected chi connectivity index (χ4v) is 4.18. The van der Waals surface area contributed by atoms with Gasteiger partial charge in [-0.15, -0.1) is 0 Å². The summed E-state index contributed by atoms with van der Waals surface area (Å²) in [4.78, 5) is 8.71. The summed E-state index contributed by atoms with van der Waals surface area (Å²) in [6, 6.07) is 6.89. The van der Waals surface area contributed by atoms with Gasteiger partial charge in [0.1, 0.15) is 0 Å². The molecule has 1 aromatic carbocycles. The zero-order valence-corrected chi connectivity index (χ0v) is 15.2. The molecule has 25 heavy (non-hydrogen) atoms. The van der Waals surface area contributed by atoms with Crippen molar-refractivity contribution in [3.05, 3.63) is 76.9 Å². The van der Waals surface area contributed by atoms with Crippen LogP contribution in [0.4, 0.5) is 0 Å². The van der Waals surface area contributed by atoms with Gasteiger partial charge in [-0.1, -0.05) is 61.8 Å². The highest BCUT2D eigenvalue weighted by Gasteiger charge is 2.45. The van der Waals surface area contributed by atoms with Crippen molar-refractivity contribution < 1.29 is 0 Å². The molecule has 124 valence electrons. The van der Waals surface area contributed by atoms with E-state index < -0.39 is 0 Å². The van der Waals surface area contributed by atoms with Crippen LogP contribution in [0, 0.1) is 24.7 Å². The lowest BCUT2D eigenvalue weighted by Gasteiger charge is -2.31. The first-order chi connectivity index (χ1) is 12.0. The van der Waals surface area contributed by atoms with Crippen molar-refractivity contribution in [2.45, 2.75) is 39.0 Å². The van der Waals surface area contributed by atoms with Crippen molar-refractivity contribution >= 4 is 5.57 Å². The van der Waals surface area contributed by atoms with Crippen LogP contribution in [0.3, 0.4) is 0 Å². The molecule has 1 heterocycles. The van der Waals surface area contributed by atoms with E-state index in [-0.39, 0.29) is 5.41 Å². The Morgan fingerprint density at radius 1 is 1.12 bits per heavy atom. The molecule has 2 aliphatic rings. The molecule has 0 amide bonds.